The van der Waals surface area contributed by atoms with Crippen molar-refractivity contribution in [3.05, 3.63) is 12.2 Å². The van der Waals surface area contributed by atoms with Gasteiger partial charge in [-0.15, -0.1) is 0 Å². The molecule has 1 aliphatic heterocycles. The van der Waals surface area contributed by atoms with Crippen LogP contribution in [0.15, 0.2) is 12.2 Å². The minimum atomic E-state index is 0.841. The van der Waals surface area contributed by atoms with Gasteiger partial charge in [0.05, 0.1) is 0 Å². The van der Waals surface area contributed by atoms with E-state index in [0.29, 0.717) is 0 Å². The molecule has 0 saturated heterocycles. The molecule has 1 N–H and O–H groups in total. The highest BCUT2D eigenvalue weighted by Gasteiger charge is 2.18. The lowest BCUT2D eigenvalue weighted by atomic mass is 10.0. The summed E-state index contributed by atoms with van der Waals surface area (Å²) >= 11 is 0. The van der Waals surface area contributed by atoms with Gasteiger partial charge in [0, 0.05) is 19.3 Å². The highest BCUT2D eigenvalue weighted by molar-refractivity contribution is 4.86. The van der Waals surface area contributed by atoms with Gasteiger partial charge in [-0.3, -0.25) is 4.90 Å². The molecular weight excluding hydrogens is 220 g/mol. The van der Waals surface area contributed by atoms with Crippen LogP contribution in [-0.4, -0.2) is 30.7 Å². The van der Waals surface area contributed by atoms with Gasteiger partial charge in [-0.1, -0.05) is 50.7 Å². The number of rotatable bonds is 1. The molecule has 1 saturated carbocycles. The third-order valence-corrected chi connectivity index (χ3v) is 4.40. The van der Waals surface area contributed by atoms with Gasteiger partial charge < -0.3 is 5.32 Å². The van der Waals surface area contributed by atoms with E-state index in [-0.39, 0.29) is 0 Å². The summed E-state index contributed by atoms with van der Waals surface area (Å²) in [7, 11) is 0. The molecule has 2 nitrogen and oxygen atoms in total. The molecule has 2 aliphatic rings. The predicted octanol–water partition coefficient (Wildman–Crippen LogP) is 3.69. The Morgan fingerprint density at radius 1 is 0.833 bits per heavy atom. The lowest BCUT2D eigenvalue weighted by Gasteiger charge is -2.31. The summed E-state index contributed by atoms with van der Waals surface area (Å²) in [6.45, 7) is 3.42. The van der Waals surface area contributed by atoms with Crippen molar-refractivity contribution in [2.75, 3.05) is 19.8 Å². The number of nitrogens with zero attached hydrogens (tertiary/aromatic N) is 1. The molecule has 0 unspecified atom stereocenters. The lowest BCUT2D eigenvalue weighted by molar-refractivity contribution is 0.161. The summed E-state index contributed by atoms with van der Waals surface area (Å²) < 4.78 is 0. The molecular formula is C16H30N2. The van der Waals surface area contributed by atoms with Gasteiger partial charge in [-0.25, -0.2) is 0 Å². The molecule has 2 heteroatoms. The Kier molecular flexibility index (Phi) is 6.81. The van der Waals surface area contributed by atoms with E-state index in [9.17, 15) is 0 Å². The fraction of sp³-hybridized carbons (Fsp3) is 0.875. The Morgan fingerprint density at radius 3 is 2.33 bits per heavy atom. The van der Waals surface area contributed by atoms with E-state index in [1.54, 1.807) is 0 Å². The zero-order chi connectivity index (χ0) is 12.5. The van der Waals surface area contributed by atoms with Crippen LogP contribution in [0.5, 0.6) is 0 Å². The van der Waals surface area contributed by atoms with Crippen LogP contribution in [0.25, 0.3) is 0 Å². The average Bonchev–Trinajstić information content (AvgIpc) is 2.61. The standard InChI is InChI=1S/C16H30N2/c1-2-4-8-12-16(11-7-3-1)18-14-10-6-5-9-13-17-15-18/h5,9,16-17H,1-4,6-8,10-15H2/b9-5-. The molecule has 0 aromatic heterocycles. The highest BCUT2D eigenvalue weighted by atomic mass is 15.2. The molecule has 1 heterocycles. The van der Waals surface area contributed by atoms with Crippen LogP contribution >= 0.6 is 0 Å². The molecule has 0 atom stereocenters. The minimum Gasteiger partial charge on any atom is -0.301 e. The molecule has 0 amide bonds. The Labute approximate surface area is 113 Å². The van der Waals surface area contributed by atoms with Crippen LogP contribution in [0, 0.1) is 0 Å². The van der Waals surface area contributed by atoms with Crippen LogP contribution in [0.2, 0.25) is 0 Å². The van der Waals surface area contributed by atoms with E-state index in [2.05, 4.69) is 22.4 Å². The summed E-state index contributed by atoms with van der Waals surface area (Å²) in [6.07, 6.45) is 18.8. The Hall–Kier alpha value is -0.340. The van der Waals surface area contributed by atoms with Crippen LogP contribution in [0.3, 0.4) is 0 Å². The molecule has 2 rings (SSSR count). The second-order valence-corrected chi connectivity index (χ2v) is 5.89. The van der Waals surface area contributed by atoms with Crippen molar-refractivity contribution in [1.29, 1.82) is 0 Å². The van der Waals surface area contributed by atoms with Crippen LogP contribution in [-0.2, 0) is 0 Å². The van der Waals surface area contributed by atoms with Crippen LogP contribution < -0.4 is 5.32 Å². The Morgan fingerprint density at radius 2 is 1.56 bits per heavy atom. The van der Waals surface area contributed by atoms with E-state index in [1.807, 2.05) is 0 Å². The van der Waals surface area contributed by atoms with Crippen LogP contribution in [0.4, 0.5) is 0 Å². The van der Waals surface area contributed by atoms with Crippen molar-refractivity contribution < 1.29 is 0 Å². The molecule has 0 aromatic rings. The van der Waals surface area contributed by atoms with Gasteiger partial charge in [0.25, 0.3) is 0 Å². The first-order valence-electron chi connectivity index (χ1n) is 8.06. The minimum absolute atomic E-state index is 0.841. The summed E-state index contributed by atoms with van der Waals surface area (Å²) in [5.41, 5.74) is 0. The Balaban J connectivity index is 1.84. The monoisotopic (exact) mass is 250 g/mol. The van der Waals surface area contributed by atoms with E-state index in [4.69, 9.17) is 0 Å². The lowest BCUT2D eigenvalue weighted by Crippen LogP contribution is -2.42. The summed E-state index contributed by atoms with van der Waals surface area (Å²) in [5, 5.41) is 3.57. The Bertz CT molecular complexity index is 215. The van der Waals surface area contributed by atoms with Crippen molar-refractivity contribution in [2.45, 2.75) is 70.3 Å². The molecule has 1 fully saturated rings. The first kappa shape index (κ1) is 14.1. The maximum atomic E-state index is 3.57. The second-order valence-electron chi connectivity index (χ2n) is 5.89. The summed E-state index contributed by atoms with van der Waals surface area (Å²) in [4.78, 5) is 2.72. The van der Waals surface area contributed by atoms with E-state index in [1.165, 1.54) is 70.8 Å². The normalized spacial score (nSPS) is 28.2. The van der Waals surface area contributed by atoms with E-state index in [0.717, 1.165) is 19.3 Å². The van der Waals surface area contributed by atoms with Gasteiger partial charge in [0.1, 0.15) is 0 Å². The second kappa shape index (κ2) is 8.71. The fourth-order valence-corrected chi connectivity index (χ4v) is 3.27. The summed E-state index contributed by atoms with van der Waals surface area (Å²) in [5.74, 6) is 0. The average molecular weight is 250 g/mol. The molecule has 104 valence electrons. The van der Waals surface area contributed by atoms with Gasteiger partial charge in [-0.05, 0) is 32.2 Å². The van der Waals surface area contributed by atoms with E-state index < -0.39 is 0 Å². The fourth-order valence-electron chi connectivity index (χ4n) is 3.27. The number of hydrogen-bond acceptors (Lipinski definition) is 2. The largest absolute Gasteiger partial charge is 0.301 e. The number of hydrogen-bond donors (Lipinski definition) is 1. The number of nitrogens with one attached hydrogen (secondary N) is 1. The molecule has 0 aromatic carbocycles. The third-order valence-electron chi connectivity index (χ3n) is 4.40. The topological polar surface area (TPSA) is 15.3 Å². The van der Waals surface area contributed by atoms with Gasteiger partial charge >= 0.3 is 0 Å². The molecule has 0 bridgehead atoms. The van der Waals surface area contributed by atoms with Crippen molar-refractivity contribution in [1.82, 2.24) is 10.2 Å². The zero-order valence-corrected chi connectivity index (χ0v) is 11.9. The quantitative estimate of drug-likeness (QED) is 0.714. The SMILES string of the molecule is C1=C\CNCN(C2CCCCCCCC2)CCC/1. The molecule has 0 spiro atoms. The van der Waals surface area contributed by atoms with Gasteiger partial charge in [-0.2, -0.15) is 0 Å². The highest BCUT2D eigenvalue weighted by Crippen LogP contribution is 2.21. The number of allylic oxidation sites excluding steroid dienone is 1. The third kappa shape index (κ3) is 5.11. The maximum absolute atomic E-state index is 3.57. The molecule has 18 heavy (non-hydrogen) atoms. The zero-order valence-electron chi connectivity index (χ0n) is 11.9. The van der Waals surface area contributed by atoms with Crippen molar-refractivity contribution in [2.24, 2.45) is 0 Å². The maximum Gasteiger partial charge on any atom is 0.0485 e. The van der Waals surface area contributed by atoms with Crippen molar-refractivity contribution >= 4 is 0 Å². The molecule has 1 aliphatic carbocycles. The van der Waals surface area contributed by atoms with E-state index >= 15 is 0 Å². The van der Waals surface area contributed by atoms with Gasteiger partial charge in [0.15, 0.2) is 0 Å². The molecule has 0 radical (unpaired) electrons. The summed E-state index contributed by atoms with van der Waals surface area (Å²) in [6, 6.07) is 0.841. The smallest absolute Gasteiger partial charge is 0.0485 e. The predicted molar refractivity (Wildman–Crippen MR) is 78.7 cm³/mol. The van der Waals surface area contributed by atoms with Crippen LogP contribution in [0.1, 0.15) is 64.2 Å². The first-order chi connectivity index (χ1) is 8.97. The van der Waals surface area contributed by atoms with Crippen molar-refractivity contribution in [3.63, 3.8) is 0 Å². The van der Waals surface area contributed by atoms with Crippen molar-refractivity contribution in [3.8, 4) is 0 Å². The first-order valence-corrected chi connectivity index (χ1v) is 8.06. The van der Waals surface area contributed by atoms with Gasteiger partial charge in [0.2, 0.25) is 0 Å².